The zero-order valence-corrected chi connectivity index (χ0v) is 12.8. The second kappa shape index (κ2) is 7.25. The van der Waals surface area contributed by atoms with Crippen molar-refractivity contribution in [1.82, 2.24) is 14.9 Å². The molecule has 3 heteroatoms. The minimum Gasteiger partial charge on any atom is -0.310 e. The number of aryl methyl sites for hydroxylation is 1. The SMILES string of the molecule is CCCNC(CC)c1ccc(-n2ccnc2CC)cc1. The third-order valence-electron chi connectivity index (χ3n) is 3.66. The molecule has 0 aliphatic heterocycles. The van der Waals surface area contributed by atoms with Crippen LogP contribution in [0.1, 0.15) is 51.0 Å². The second-order valence-electron chi connectivity index (χ2n) is 5.07. The molecule has 0 saturated heterocycles. The summed E-state index contributed by atoms with van der Waals surface area (Å²) in [4.78, 5) is 4.38. The van der Waals surface area contributed by atoms with Crippen molar-refractivity contribution in [1.29, 1.82) is 0 Å². The van der Waals surface area contributed by atoms with Crippen LogP contribution in [0.4, 0.5) is 0 Å². The lowest BCUT2D eigenvalue weighted by atomic mass is 10.0. The highest BCUT2D eigenvalue weighted by Crippen LogP contribution is 2.19. The van der Waals surface area contributed by atoms with E-state index in [1.807, 2.05) is 12.4 Å². The molecular weight excluding hydrogens is 246 g/mol. The molecule has 1 unspecified atom stereocenters. The van der Waals surface area contributed by atoms with Crippen molar-refractivity contribution in [3.63, 3.8) is 0 Å². The van der Waals surface area contributed by atoms with Gasteiger partial charge in [-0.1, -0.05) is 32.9 Å². The molecule has 0 fully saturated rings. The predicted molar refractivity (Wildman–Crippen MR) is 84.3 cm³/mol. The van der Waals surface area contributed by atoms with Gasteiger partial charge in [0.05, 0.1) is 0 Å². The molecule has 108 valence electrons. The Morgan fingerprint density at radius 3 is 2.50 bits per heavy atom. The van der Waals surface area contributed by atoms with Crippen molar-refractivity contribution in [3.8, 4) is 5.69 Å². The first-order valence-electron chi connectivity index (χ1n) is 7.66. The van der Waals surface area contributed by atoms with Gasteiger partial charge >= 0.3 is 0 Å². The molecule has 1 aromatic carbocycles. The summed E-state index contributed by atoms with van der Waals surface area (Å²) in [5.41, 5.74) is 2.55. The fraction of sp³-hybridized carbons (Fsp3) is 0.471. The minimum absolute atomic E-state index is 0.456. The van der Waals surface area contributed by atoms with Gasteiger partial charge in [0.25, 0.3) is 0 Å². The van der Waals surface area contributed by atoms with Crippen LogP contribution < -0.4 is 5.32 Å². The minimum atomic E-state index is 0.456. The topological polar surface area (TPSA) is 29.9 Å². The molecule has 0 amide bonds. The van der Waals surface area contributed by atoms with Gasteiger partial charge in [0.1, 0.15) is 5.82 Å². The van der Waals surface area contributed by atoms with Gasteiger partial charge in [-0.3, -0.25) is 0 Å². The summed E-state index contributed by atoms with van der Waals surface area (Å²) < 4.78 is 2.16. The summed E-state index contributed by atoms with van der Waals surface area (Å²) in [5.74, 6) is 1.11. The molecule has 0 aliphatic carbocycles. The van der Waals surface area contributed by atoms with Crippen molar-refractivity contribution in [2.45, 2.75) is 46.1 Å². The quantitative estimate of drug-likeness (QED) is 0.828. The lowest BCUT2D eigenvalue weighted by Gasteiger charge is -2.17. The monoisotopic (exact) mass is 271 g/mol. The van der Waals surface area contributed by atoms with Crippen LogP contribution in [-0.4, -0.2) is 16.1 Å². The molecule has 20 heavy (non-hydrogen) atoms. The van der Waals surface area contributed by atoms with Gasteiger partial charge in [-0.05, 0) is 37.1 Å². The summed E-state index contributed by atoms with van der Waals surface area (Å²) in [6.07, 6.45) is 7.13. The van der Waals surface area contributed by atoms with Crippen LogP contribution in [0.15, 0.2) is 36.7 Å². The van der Waals surface area contributed by atoms with E-state index in [1.165, 1.54) is 17.7 Å². The van der Waals surface area contributed by atoms with E-state index in [-0.39, 0.29) is 0 Å². The van der Waals surface area contributed by atoms with Crippen molar-refractivity contribution in [3.05, 3.63) is 48.0 Å². The van der Waals surface area contributed by atoms with E-state index in [2.05, 4.69) is 59.9 Å². The van der Waals surface area contributed by atoms with E-state index in [9.17, 15) is 0 Å². The Bertz CT molecular complexity index is 513. The van der Waals surface area contributed by atoms with Crippen molar-refractivity contribution < 1.29 is 0 Å². The van der Waals surface area contributed by atoms with Crippen LogP contribution in [0, 0.1) is 0 Å². The Morgan fingerprint density at radius 1 is 1.15 bits per heavy atom. The van der Waals surface area contributed by atoms with Crippen molar-refractivity contribution >= 4 is 0 Å². The third-order valence-corrected chi connectivity index (χ3v) is 3.66. The van der Waals surface area contributed by atoms with Crippen LogP contribution in [0.3, 0.4) is 0 Å². The molecule has 0 spiro atoms. The Hall–Kier alpha value is -1.61. The highest BCUT2D eigenvalue weighted by Gasteiger charge is 2.09. The van der Waals surface area contributed by atoms with Gasteiger partial charge in [0.2, 0.25) is 0 Å². The lowest BCUT2D eigenvalue weighted by molar-refractivity contribution is 0.518. The number of hydrogen-bond acceptors (Lipinski definition) is 2. The van der Waals surface area contributed by atoms with Gasteiger partial charge in [0.15, 0.2) is 0 Å². The number of nitrogens with one attached hydrogen (secondary N) is 1. The summed E-state index contributed by atoms with van der Waals surface area (Å²) in [7, 11) is 0. The van der Waals surface area contributed by atoms with Crippen molar-refractivity contribution in [2.75, 3.05) is 6.54 Å². The molecule has 1 heterocycles. The van der Waals surface area contributed by atoms with E-state index < -0.39 is 0 Å². The highest BCUT2D eigenvalue weighted by atomic mass is 15.1. The molecule has 3 nitrogen and oxygen atoms in total. The number of hydrogen-bond donors (Lipinski definition) is 1. The Balaban J connectivity index is 2.17. The molecule has 0 saturated carbocycles. The van der Waals surface area contributed by atoms with E-state index in [4.69, 9.17) is 0 Å². The molecule has 0 bridgehead atoms. The molecule has 2 aromatic rings. The molecule has 0 aliphatic rings. The lowest BCUT2D eigenvalue weighted by Crippen LogP contribution is -2.21. The normalized spacial score (nSPS) is 12.6. The van der Waals surface area contributed by atoms with E-state index in [1.54, 1.807) is 0 Å². The fourth-order valence-electron chi connectivity index (χ4n) is 2.51. The molecule has 1 N–H and O–H groups in total. The first-order chi connectivity index (χ1) is 9.80. The summed E-state index contributed by atoms with van der Waals surface area (Å²) in [5, 5.41) is 3.59. The largest absolute Gasteiger partial charge is 0.310 e. The predicted octanol–water partition coefficient (Wildman–Crippen LogP) is 3.89. The molecule has 2 rings (SSSR count). The van der Waals surface area contributed by atoms with Crippen LogP contribution >= 0.6 is 0 Å². The van der Waals surface area contributed by atoms with E-state index in [0.717, 1.165) is 25.2 Å². The third kappa shape index (κ3) is 3.28. The molecular formula is C17H25N3. The van der Waals surface area contributed by atoms with Gasteiger partial charge in [0, 0.05) is 30.5 Å². The summed E-state index contributed by atoms with van der Waals surface area (Å²) >= 11 is 0. The highest BCUT2D eigenvalue weighted by molar-refractivity contribution is 5.37. The van der Waals surface area contributed by atoms with E-state index >= 15 is 0 Å². The standard InChI is InChI=1S/C17H25N3/c1-4-11-18-16(5-2)14-7-9-15(10-8-14)20-13-12-19-17(20)6-3/h7-10,12-13,16,18H,4-6,11H2,1-3H3. The number of benzene rings is 1. The van der Waals surface area contributed by atoms with Gasteiger partial charge in [-0.15, -0.1) is 0 Å². The Labute approximate surface area is 122 Å². The molecule has 1 atom stereocenters. The maximum atomic E-state index is 4.38. The van der Waals surface area contributed by atoms with Gasteiger partial charge in [-0.25, -0.2) is 4.98 Å². The first kappa shape index (κ1) is 14.8. The average Bonchev–Trinajstić information content (AvgIpc) is 2.97. The smallest absolute Gasteiger partial charge is 0.112 e. The number of rotatable bonds is 7. The number of nitrogens with zero attached hydrogens (tertiary/aromatic N) is 2. The zero-order chi connectivity index (χ0) is 14.4. The van der Waals surface area contributed by atoms with Crippen LogP contribution in [0.2, 0.25) is 0 Å². The van der Waals surface area contributed by atoms with Crippen LogP contribution in [0.5, 0.6) is 0 Å². The fourth-order valence-corrected chi connectivity index (χ4v) is 2.51. The number of aromatic nitrogens is 2. The van der Waals surface area contributed by atoms with Gasteiger partial charge in [-0.2, -0.15) is 0 Å². The van der Waals surface area contributed by atoms with E-state index in [0.29, 0.717) is 6.04 Å². The Morgan fingerprint density at radius 2 is 1.90 bits per heavy atom. The maximum absolute atomic E-state index is 4.38. The average molecular weight is 271 g/mol. The second-order valence-corrected chi connectivity index (χ2v) is 5.07. The van der Waals surface area contributed by atoms with Crippen LogP contribution in [0.25, 0.3) is 5.69 Å². The van der Waals surface area contributed by atoms with Gasteiger partial charge < -0.3 is 9.88 Å². The number of imidazole rings is 1. The summed E-state index contributed by atoms with van der Waals surface area (Å²) in [6.45, 7) is 7.64. The van der Waals surface area contributed by atoms with Crippen molar-refractivity contribution in [2.24, 2.45) is 0 Å². The summed E-state index contributed by atoms with van der Waals surface area (Å²) in [6, 6.07) is 9.29. The zero-order valence-electron chi connectivity index (χ0n) is 12.8. The first-order valence-corrected chi connectivity index (χ1v) is 7.66. The molecule has 1 aromatic heterocycles. The maximum Gasteiger partial charge on any atom is 0.112 e. The Kier molecular flexibility index (Phi) is 5.36. The molecule has 0 radical (unpaired) electrons. The van der Waals surface area contributed by atoms with Crippen LogP contribution in [-0.2, 0) is 6.42 Å².